The number of halogens is 4. The van der Waals surface area contributed by atoms with Crippen LogP contribution in [-0.4, -0.2) is 17.0 Å². The molecule has 0 aliphatic rings. The molecular formula is C13H9ClF3N3O3. The molecule has 10 heteroatoms. The van der Waals surface area contributed by atoms with Crippen molar-refractivity contribution in [2.45, 2.75) is 13.1 Å². The van der Waals surface area contributed by atoms with E-state index in [-0.39, 0.29) is 10.8 Å². The molecule has 0 spiro atoms. The third-order valence-electron chi connectivity index (χ3n) is 2.61. The number of nitrogens with zero attached hydrogens (tertiary/aromatic N) is 1. The molecule has 2 rings (SSSR count). The lowest BCUT2D eigenvalue weighted by molar-refractivity contribution is -0.137. The number of aromatic nitrogens is 1. The molecule has 1 heterocycles. The van der Waals surface area contributed by atoms with Crippen LogP contribution in [0.25, 0.3) is 0 Å². The number of amides is 2. The predicted molar refractivity (Wildman–Crippen MR) is 75.0 cm³/mol. The minimum atomic E-state index is -4.74. The maximum Gasteiger partial charge on any atom is 0.418 e. The van der Waals surface area contributed by atoms with Crippen molar-refractivity contribution >= 4 is 34.9 Å². The number of hydrogen-bond acceptors (Lipinski definition) is 4. The average Bonchev–Trinajstić information content (AvgIpc) is 2.84. The van der Waals surface area contributed by atoms with Gasteiger partial charge in [-0.25, -0.2) is 0 Å². The summed E-state index contributed by atoms with van der Waals surface area (Å²) < 4.78 is 43.4. The molecule has 0 unspecified atom stereocenters. The van der Waals surface area contributed by atoms with E-state index in [0.717, 1.165) is 12.1 Å². The largest absolute Gasteiger partial charge is 0.418 e. The van der Waals surface area contributed by atoms with Crippen LogP contribution in [0.3, 0.4) is 0 Å². The number of nitrogens with one attached hydrogen (secondary N) is 2. The minimum Gasteiger partial charge on any atom is -0.360 e. The molecule has 1 aromatic heterocycles. The van der Waals surface area contributed by atoms with E-state index in [1.165, 1.54) is 6.07 Å². The molecule has 6 nitrogen and oxygen atoms in total. The lowest BCUT2D eigenvalue weighted by Gasteiger charge is -2.13. The normalized spacial score (nSPS) is 11.2. The molecule has 0 bridgehead atoms. The predicted octanol–water partition coefficient (Wildman–Crippen LogP) is 3.23. The number of anilines is 2. The quantitative estimate of drug-likeness (QED) is 0.817. The maximum atomic E-state index is 12.9. The first-order valence-electron chi connectivity index (χ1n) is 6.09. The van der Waals surface area contributed by atoms with Gasteiger partial charge in [-0.3, -0.25) is 14.9 Å². The Labute approximate surface area is 132 Å². The Morgan fingerprint density at radius 1 is 1.17 bits per heavy atom. The van der Waals surface area contributed by atoms with Gasteiger partial charge in [0.15, 0.2) is 5.82 Å². The lowest BCUT2D eigenvalue weighted by Crippen LogP contribution is -2.30. The molecule has 0 atom stereocenters. The second kappa shape index (κ2) is 6.29. The number of benzene rings is 1. The lowest BCUT2D eigenvalue weighted by atomic mass is 10.1. The van der Waals surface area contributed by atoms with Crippen LogP contribution >= 0.6 is 11.6 Å². The van der Waals surface area contributed by atoms with Crippen molar-refractivity contribution < 1.29 is 27.3 Å². The van der Waals surface area contributed by atoms with E-state index in [9.17, 15) is 22.8 Å². The van der Waals surface area contributed by atoms with Crippen LogP contribution in [0, 0.1) is 6.92 Å². The van der Waals surface area contributed by atoms with E-state index >= 15 is 0 Å². The van der Waals surface area contributed by atoms with Crippen molar-refractivity contribution in [3.8, 4) is 0 Å². The molecule has 0 saturated carbocycles. The molecule has 2 N–H and O–H groups in total. The molecule has 0 saturated heterocycles. The van der Waals surface area contributed by atoms with E-state index in [2.05, 4.69) is 15.0 Å². The van der Waals surface area contributed by atoms with Gasteiger partial charge in [-0.1, -0.05) is 16.8 Å². The maximum absolute atomic E-state index is 12.9. The van der Waals surface area contributed by atoms with E-state index < -0.39 is 29.2 Å². The number of carbonyl (C=O) groups excluding carboxylic acids is 2. The summed E-state index contributed by atoms with van der Waals surface area (Å²) in [7, 11) is 0. The van der Waals surface area contributed by atoms with E-state index in [4.69, 9.17) is 11.6 Å². The Balaban J connectivity index is 2.15. The van der Waals surface area contributed by atoms with Gasteiger partial charge >= 0.3 is 18.0 Å². The highest BCUT2D eigenvalue weighted by Crippen LogP contribution is 2.36. The Kier molecular flexibility index (Phi) is 4.60. The number of carbonyl (C=O) groups is 2. The summed E-state index contributed by atoms with van der Waals surface area (Å²) in [4.78, 5) is 23.3. The number of aryl methyl sites for hydroxylation is 1. The molecule has 2 aromatic rings. The molecular weight excluding hydrogens is 339 g/mol. The second-order valence-electron chi connectivity index (χ2n) is 4.42. The smallest absolute Gasteiger partial charge is 0.360 e. The summed E-state index contributed by atoms with van der Waals surface area (Å²) in [6.07, 6.45) is -4.74. The van der Waals surface area contributed by atoms with Crippen LogP contribution < -0.4 is 10.6 Å². The Hall–Kier alpha value is -2.55. The van der Waals surface area contributed by atoms with Crippen molar-refractivity contribution in [1.82, 2.24) is 5.16 Å². The van der Waals surface area contributed by atoms with E-state index in [1.807, 2.05) is 5.32 Å². The summed E-state index contributed by atoms with van der Waals surface area (Å²) in [6, 6.07) is 4.10. The molecule has 0 aliphatic carbocycles. The number of hydrogen-bond donors (Lipinski definition) is 2. The number of alkyl halides is 3. The fourth-order valence-corrected chi connectivity index (χ4v) is 1.81. The standard InChI is InChI=1S/C13H9ClF3N3O3/c1-6-4-10(20-23-6)19-12(22)11(21)18-9-3-2-7(14)5-8(9)13(15,16)17/h2-5H,1H3,(H,18,21)(H,19,20,22). The fraction of sp³-hybridized carbons (Fsp3) is 0.154. The zero-order valence-electron chi connectivity index (χ0n) is 11.5. The van der Waals surface area contributed by atoms with E-state index in [1.54, 1.807) is 6.92 Å². The van der Waals surface area contributed by atoms with E-state index in [0.29, 0.717) is 11.8 Å². The van der Waals surface area contributed by atoms with Crippen molar-refractivity contribution in [3.05, 3.63) is 40.6 Å². The van der Waals surface area contributed by atoms with Gasteiger partial charge in [0.05, 0.1) is 11.3 Å². The SMILES string of the molecule is Cc1cc(NC(=O)C(=O)Nc2ccc(Cl)cc2C(F)(F)F)no1. The van der Waals surface area contributed by atoms with Gasteiger partial charge in [0, 0.05) is 11.1 Å². The molecule has 0 radical (unpaired) electrons. The Bertz CT molecular complexity index is 758. The minimum absolute atomic E-state index is 0.0326. The highest BCUT2D eigenvalue weighted by atomic mass is 35.5. The van der Waals surface area contributed by atoms with Crippen molar-refractivity contribution in [2.75, 3.05) is 10.6 Å². The summed E-state index contributed by atoms with van der Waals surface area (Å²) >= 11 is 5.52. The molecule has 0 aliphatic heterocycles. The highest BCUT2D eigenvalue weighted by molar-refractivity contribution is 6.43. The monoisotopic (exact) mass is 347 g/mol. The topological polar surface area (TPSA) is 84.2 Å². The van der Waals surface area contributed by atoms with Gasteiger partial charge < -0.3 is 9.84 Å². The van der Waals surface area contributed by atoms with Crippen LogP contribution in [0.15, 0.2) is 28.8 Å². The molecule has 23 heavy (non-hydrogen) atoms. The van der Waals surface area contributed by atoms with Crippen molar-refractivity contribution in [2.24, 2.45) is 0 Å². The highest BCUT2D eigenvalue weighted by Gasteiger charge is 2.34. The van der Waals surface area contributed by atoms with Crippen molar-refractivity contribution in [1.29, 1.82) is 0 Å². The average molecular weight is 348 g/mol. The second-order valence-corrected chi connectivity index (χ2v) is 4.86. The van der Waals surface area contributed by atoms with Gasteiger partial charge in [0.1, 0.15) is 5.76 Å². The Morgan fingerprint density at radius 3 is 2.39 bits per heavy atom. The number of rotatable bonds is 2. The van der Waals surface area contributed by atoms with Crippen LogP contribution in [-0.2, 0) is 15.8 Å². The van der Waals surface area contributed by atoms with Gasteiger partial charge in [0.2, 0.25) is 0 Å². The summed E-state index contributed by atoms with van der Waals surface area (Å²) in [6.45, 7) is 1.56. The van der Waals surface area contributed by atoms with Crippen LogP contribution in [0.2, 0.25) is 5.02 Å². The summed E-state index contributed by atoms with van der Waals surface area (Å²) in [5.41, 5.74) is -1.75. The fourth-order valence-electron chi connectivity index (χ4n) is 1.64. The third-order valence-corrected chi connectivity index (χ3v) is 2.85. The molecule has 122 valence electrons. The Morgan fingerprint density at radius 2 is 1.83 bits per heavy atom. The first-order chi connectivity index (χ1) is 10.7. The summed E-state index contributed by atoms with van der Waals surface area (Å²) in [5.74, 6) is -2.13. The first-order valence-corrected chi connectivity index (χ1v) is 6.47. The van der Waals surface area contributed by atoms with Crippen LogP contribution in [0.1, 0.15) is 11.3 Å². The molecule has 2 amide bonds. The zero-order valence-corrected chi connectivity index (χ0v) is 12.2. The van der Waals surface area contributed by atoms with Gasteiger partial charge in [-0.05, 0) is 25.1 Å². The first kappa shape index (κ1) is 16.8. The van der Waals surface area contributed by atoms with Gasteiger partial charge in [0.25, 0.3) is 0 Å². The third kappa shape index (κ3) is 4.22. The van der Waals surface area contributed by atoms with Crippen LogP contribution in [0.5, 0.6) is 0 Å². The summed E-state index contributed by atoms with van der Waals surface area (Å²) in [5, 5.41) is 7.25. The van der Waals surface area contributed by atoms with Gasteiger partial charge in [-0.2, -0.15) is 13.2 Å². The van der Waals surface area contributed by atoms with Gasteiger partial charge in [-0.15, -0.1) is 0 Å². The van der Waals surface area contributed by atoms with Crippen LogP contribution in [0.4, 0.5) is 24.7 Å². The zero-order chi connectivity index (χ0) is 17.2. The molecule has 0 fully saturated rings. The molecule has 1 aromatic carbocycles. The van der Waals surface area contributed by atoms with Crippen molar-refractivity contribution in [3.63, 3.8) is 0 Å².